The van der Waals surface area contributed by atoms with Crippen LogP contribution >= 0.6 is 0 Å². The van der Waals surface area contributed by atoms with Gasteiger partial charge >= 0.3 is 0 Å². The van der Waals surface area contributed by atoms with Crippen LogP contribution in [0.5, 0.6) is 17.4 Å². The first kappa shape index (κ1) is 20.5. The number of aromatic amines is 1. The highest BCUT2D eigenvalue weighted by molar-refractivity contribution is 5.86. The predicted octanol–water partition coefficient (Wildman–Crippen LogP) is 3.98. The maximum absolute atomic E-state index is 9.91. The first-order valence-corrected chi connectivity index (χ1v) is 10.6. The molecule has 0 unspecified atom stereocenters. The van der Waals surface area contributed by atoms with E-state index < -0.39 is 0 Å². The van der Waals surface area contributed by atoms with Gasteiger partial charge in [-0.3, -0.25) is 5.10 Å². The van der Waals surface area contributed by atoms with Crippen LogP contribution in [0.25, 0.3) is 10.9 Å². The highest BCUT2D eigenvalue weighted by Gasteiger charge is 2.35. The van der Waals surface area contributed by atoms with Crippen LogP contribution in [0.15, 0.2) is 66.2 Å². The molecule has 2 aromatic heterocycles. The van der Waals surface area contributed by atoms with E-state index in [-0.39, 0.29) is 11.8 Å². The number of fused-ring (bicyclic) bond motifs is 2. The standard InChI is InChI=1S/C25H23N5O3/c1-15-22-23(17(13-26)24(27)33-25(22)29-28-15)18-14-30(19-8-4-3-7-16(18)19)11-12-32-21-10-6-5-9-20(21)31-2/h3-10,14,23H,11-12,27H2,1-2H3,(H,28,29)/t23-/m1/s1. The quantitative estimate of drug-likeness (QED) is 0.468. The monoisotopic (exact) mass is 441 g/mol. The lowest BCUT2D eigenvalue weighted by molar-refractivity contribution is 0.281. The summed E-state index contributed by atoms with van der Waals surface area (Å²) in [5.41, 5.74) is 10.2. The number of ether oxygens (including phenoxy) is 3. The van der Waals surface area contributed by atoms with Crippen LogP contribution in [-0.2, 0) is 6.54 Å². The molecule has 1 atom stereocenters. The van der Waals surface area contributed by atoms with Gasteiger partial charge in [0.05, 0.1) is 19.6 Å². The Labute approximate surface area is 190 Å². The predicted molar refractivity (Wildman–Crippen MR) is 123 cm³/mol. The highest BCUT2D eigenvalue weighted by Crippen LogP contribution is 2.45. The van der Waals surface area contributed by atoms with E-state index in [1.54, 1.807) is 7.11 Å². The molecule has 3 heterocycles. The van der Waals surface area contributed by atoms with Crippen molar-refractivity contribution in [3.05, 3.63) is 83.0 Å². The number of aryl methyl sites for hydroxylation is 1. The van der Waals surface area contributed by atoms with E-state index in [9.17, 15) is 5.26 Å². The van der Waals surface area contributed by atoms with Gasteiger partial charge in [-0.2, -0.15) is 5.26 Å². The van der Waals surface area contributed by atoms with Crippen molar-refractivity contribution in [3.8, 4) is 23.4 Å². The lowest BCUT2D eigenvalue weighted by Crippen LogP contribution is -2.21. The molecular weight excluding hydrogens is 418 g/mol. The fraction of sp³-hybridized carbons (Fsp3) is 0.200. The molecule has 0 saturated carbocycles. The third-order valence-electron chi connectivity index (χ3n) is 5.92. The van der Waals surface area contributed by atoms with Gasteiger partial charge in [-0.25, -0.2) is 0 Å². The Balaban J connectivity index is 1.53. The van der Waals surface area contributed by atoms with Gasteiger partial charge in [0.15, 0.2) is 11.5 Å². The molecule has 0 bridgehead atoms. The molecule has 3 N–H and O–H groups in total. The summed E-state index contributed by atoms with van der Waals surface area (Å²) in [4.78, 5) is 0. The van der Waals surface area contributed by atoms with Crippen LogP contribution in [0.1, 0.15) is 22.7 Å². The van der Waals surface area contributed by atoms with Crippen LogP contribution in [0.3, 0.4) is 0 Å². The molecule has 0 spiro atoms. The minimum Gasteiger partial charge on any atom is -0.493 e. The largest absolute Gasteiger partial charge is 0.493 e. The van der Waals surface area contributed by atoms with E-state index in [4.69, 9.17) is 19.9 Å². The van der Waals surface area contributed by atoms with Crippen LogP contribution < -0.4 is 19.9 Å². The molecule has 33 heavy (non-hydrogen) atoms. The molecule has 5 rings (SSSR count). The van der Waals surface area contributed by atoms with Crippen molar-refractivity contribution < 1.29 is 14.2 Å². The van der Waals surface area contributed by atoms with Crippen molar-refractivity contribution >= 4 is 10.9 Å². The number of hydrogen-bond acceptors (Lipinski definition) is 6. The fourth-order valence-corrected chi connectivity index (χ4v) is 4.39. The summed E-state index contributed by atoms with van der Waals surface area (Å²) < 4.78 is 19.1. The number of benzene rings is 2. The Morgan fingerprint density at radius 3 is 2.73 bits per heavy atom. The van der Waals surface area contributed by atoms with Crippen molar-refractivity contribution in [2.75, 3.05) is 13.7 Å². The number of methoxy groups -OCH3 is 1. The number of allylic oxidation sites excluding steroid dienone is 1. The van der Waals surface area contributed by atoms with Gasteiger partial charge in [0.25, 0.3) is 0 Å². The van der Waals surface area contributed by atoms with Gasteiger partial charge in [-0.05, 0) is 30.7 Å². The van der Waals surface area contributed by atoms with E-state index in [1.165, 1.54) is 0 Å². The Kier molecular flexibility index (Phi) is 5.15. The SMILES string of the molecule is COc1ccccc1OCCn1cc([C@H]2C(C#N)=C(N)Oc3n[nH]c(C)c32)c2ccccc21. The Morgan fingerprint density at radius 1 is 1.18 bits per heavy atom. The zero-order chi connectivity index (χ0) is 22.9. The summed E-state index contributed by atoms with van der Waals surface area (Å²) in [6, 6.07) is 17.9. The summed E-state index contributed by atoms with van der Waals surface area (Å²) in [5.74, 6) is 1.50. The zero-order valence-electron chi connectivity index (χ0n) is 18.3. The summed E-state index contributed by atoms with van der Waals surface area (Å²) in [6.07, 6.45) is 2.06. The molecule has 8 nitrogen and oxygen atoms in total. The van der Waals surface area contributed by atoms with Crippen LogP contribution in [0, 0.1) is 18.3 Å². The van der Waals surface area contributed by atoms with E-state index in [0.717, 1.165) is 27.7 Å². The van der Waals surface area contributed by atoms with Gasteiger partial charge in [-0.1, -0.05) is 30.3 Å². The lowest BCUT2D eigenvalue weighted by atomic mass is 9.84. The molecule has 166 valence electrons. The average Bonchev–Trinajstić information content (AvgIpc) is 3.39. The molecule has 1 aliphatic rings. The second-order valence-electron chi connectivity index (χ2n) is 7.79. The summed E-state index contributed by atoms with van der Waals surface area (Å²) in [6.45, 7) is 2.98. The number of nitrogens with two attached hydrogens (primary N) is 1. The van der Waals surface area contributed by atoms with Gasteiger partial charge < -0.3 is 24.5 Å². The Hall–Kier alpha value is -4.38. The second kappa shape index (κ2) is 8.28. The van der Waals surface area contributed by atoms with Gasteiger partial charge in [0.1, 0.15) is 18.2 Å². The van der Waals surface area contributed by atoms with Crippen LogP contribution in [0.4, 0.5) is 0 Å². The maximum Gasteiger partial charge on any atom is 0.244 e. The Bertz CT molecular complexity index is 1410. The molecule has 0 radical (unpaired) electrons. The normalized spacial score (nSPS) is 15.1. The molecule has 2 aromatic carbocycles. The number of para-hydroxylation sites is 3. The number of rotatable bonds is 6. The molecule has 0 fully saturated rings. The molecule has 8 heteroatoms. The topological polar surface area (TPSA) is 111 Å². The molecule has 0 saturated heterocycles. The average molecular weight is 441 g/mol. The van der Waals surface area contributed by atoms with Crippen LogP contribution in [-0.4, -0.2) is 28.5 Å². The number of nitriles is 1. The third-order valence-corrected chi connectivity index (χ3v) is 5.92. The van der Waals surface area contributed by atoms with Crippen molar-refractivity contribution in [1.82, 2.24) is 14.8 Å². The number of aromatic nitrogens is 3. The first-order valence-electron chi connectivity index (χ1n) is 10.6. The van der Waals surface area contributed by atoms with Gasteiger partial charge in [0, 0.05) is 28.4 Å². The number of H-pyrrole nitrogens is 1. The zero-order valence-corrected chi connectivity index (χ0v) is 18.3. The molecule has 1 aliphatic heterocycles. The van der Waals surface area contributed by atoms with Crippen molar-refractivity contribution in [1.29, 1.82) is 5.26 Å². The fourth-order valence-electron chi connectivity index (χ4n) is 4.39. The van der Waals surface area contributed by atoms with Gasteiger partial charge in [-0.15, -0.1) is 5.10 Å². The minimum absolute atomic E-state index is 0.0813. The molecule has 0 amide bonds. The second-order valence-corrected chi connectivity index (χ2v) is 7.79. The van der Waals surface area contributed by atoms with Crippen molar-refractivity contribution in [2.45, 2.75) is 19.4 Å². The van der Waals surface area contributed by atoms with Crippen molar-refractivity contribution in [3.63, 3.8) is 0 Å². The summed E-state index contributed by atoms with van der Waals surface area (Å²) in [7, 11) is 1.62. The molecule has 0 aliphatic carbocycles. The molecule has 4 aromatic rings. The summed E-state index contributed by atoms with van der Waals surface area (Å²) in [5, 5.41) is 18.1. The van der Waals surface area contributed by atoms with E-state index in [0.29, 0.717) is 36.1 Å². The first-order chi connectivity index (χ1) is 16.1. The highest BCUT2D eigenvalue weighted by atomic mass is 16.5. The number of nitrogens with one attached hydrogen (secondary N) is 1. The van der Waals surface area contributed by atoms with E-state index in [2.05, 4.69) is 39.2 Å². The minimum atomic E-state index is -0.376. The third kappa shape index (κ3) is 3.44. The number of hydrogen-bond donors (Lipinski definition) is 2. The smallest absolute Gasteiger partial charge is 0.244 e. The van der Waals surface area contributed by atoms with Crippen molar-refractivity contribution in [2.24, 2.45) is 5.73 Å². The Morgan fingerprint density at radius 2 is 1.94 bits per heavy atom. The van der Waals surface area contributed by atoms with Crippen LogP contribution in [0.2, 0.25) is 0 Å². The van der Waals surface area contributed by atoms with Gasteiger partial charge in [0.2, 0.25) is 11.8 Å². The number of nitrogens with zero attached hydrogens (tertiary/aromatic N) is 3. The van der Waals surface area contributed by atoms with E-state index >= 15 is 0 Å². The summed E-state index contributed by atoms with van der Waals surface area (Å²) >= 11 is 0. The maximum atomic E-state index is 9.91. The van der Waals surface area contributed by atoms with E-state index in [1.807, 2.05) is 43.3 Å². The lowest BCUT2D eigenvalue weighted by Gasteiger charge is -2.23. The molecular formula is C25H23N5O3.